The summed E-state index contributed by atoms with van der Waals surface area (Å²) in [7, 11) is 1.39. The molecule has 2 aromatic heterocycles. The zero-order valence-corrected chi connectivity index (χ0v) is 14.5. The smallest absolute Gasteiger partial charge is 0.348 e. The minimum Gasteiger partial charge on any atom is -0.465 e. The Balaban J connectivity index is 1.67. The highest BCUT2D eigenvalue weighted by atomic mass is 32.1. The normalized spacial score (nSPS) is 20.0. The van der Waals surface area contributed by atoms with Crippen molar-refractivity contribution in [3.05, 3.63) is 16.8 Å². The SMILES string of the molecule is COC(=O)c1sc2ncnc(N3CCC4(CC3)OCCO4)c2c1C. The lowest BCUT2D eigenvalue weighted by Crippen LogP contribution is -2.45. The van der Waals surface area contributed by atoms with E-state index in [9.17, 15) is 4.79 Å². The Labute approximate surface area is 143 Å². The molecule has 0 amide bonds. The van der Waals surface area contributed by atoms with Gasteiger partial charge in [0.25, 0.3) is 0 Å². The first-order chi connectivity index (χ1) is 11.6. The summed E-state index contributed by atoms with van der Waals surface area (Å²) >= 11 is 1.35. The van der Waals surface area contributed by atoms with Crippen LogP contribution in [-0.4, -0.2) is 55.1 Å². The zero-order chi connectivity index (χ0) is 16.7. The summed E-state index contributed by atoms with van der Waals surface area (Å²) in [6, 6.07) is 0. The minimum absolute atomic E-state index is 0.327. The number of thiophene rings is 1. The van der Waals surface area contributed by atoms with Crippen molar-refractivity contribution in [1.29, 1.82) is 0 Å². The summed E-state index contributed by atoms with van der Waals surface area (Å²) in [6.45, 7) is 4.87. The molecule has 2 aromatic rings. The first kappa shape index (κ1) is 15.7. The predicted octanol–water partition coefficient (Wildman–Crippen LogP) is 2.13. The van der Waals surface area contributed by atoms with Gasteiger partial charge in [0.2, 0.25) is 0 Å². The Morgan fingerprint density at radius 3 is 2.67 bits per heavy atom. The van der Waals surface area contributed by atoms with E-state index in [1.807, 2.05) is 6.92 Å². The molecule has 1 spiro atoms. The largest absolute Gasteiger partial charge is 0.465 e. The molecule has 0 aromatic carbocycles. The summed E-state index contributed by atoms with van der Waals surface area (Å²) in [6.07, 6.45) is 3.18. The van der Waals surface area contributed by atoms with Crippen LogP contribution in [0.2, 0.25) is 0 Å². The molecule has 0 aliphatic carbocycles. The molecular formula is C16H19N3O4S. The molecule has 4 rings (SSSR count). The number of carbonyl (C=O) groups is 1. The van der Waals surface area contributed by atoms with Crippen molar-refractivity contribution in [2.45, 2.75) is 25.6 Å². The van der Waals surface area contributed by atoms with Gasteiger partial charge in [-0.1, -0.05) is 0 Å². The van der Waals surface area contributed by atoms with Gasteiger partial charge in [-0.3, -0.25) is 0 Å². The lowest BCUT2D eigenvalue weighted by molar-refractivity contribution is -0.169. The average Bonchev–Trinajstić information content (AvgIpc) is 3.20. The highest BCUT2D eigenvalue weighted by Crippen LogP contribution is 2.38. The molecule has 7 nitrogen and oxygen atoms in total. The second kappa shape index (κ2) is 5.94. The number of hydrogen-bond donors (Lipinski definition) is 0. The summed E-state index contributed by atoms with van der Waals surface area (Å²) < 4.78 is 16.4. The topological polar surface area (TPSA) is 73.8 Å². The van der Waals surface area contributed by atoms with Crippen molar-refractivity contribution in [1.82, 2.24) is 9.97 Å². The number of methoxy groups -OCH3 is 1. The van der Waals surface area contributed by atoms with Gasteiger partial charge in [0, 0.05) is 25.9 Å². The number of carbonyl (C=O) groups excluding carboxylic acids is 1. The van der Waals surface area contributed by atoms with Gasteiger partial charge in [-0.15, -0.1) is 11.3 Å². The number of rotatable bonds is 2. The van der Waals surface area contributed by atoms with Crippen LogP contribution in [0.15, 0.2) is 6.33 Å². The standard InChI is InChI=1S/C16H19N3O4S/c1-10-11-13(17-9-18-14(11)24-12(10)15(20)21-2)19-5-3-16(4-6-19)22-7-8-23-16/h9H,3-8H2,1-2H3. The van der Waals surface area contributed by atoms with Gasteiger partial charge >= 0.3 is 5.97 Å². The van der Waals surface area contributed by atoms with E-state index in [2.05, 4.69) is 14.9 Å². The van der Waals surface area contributed by atoms with Crippen LogP contribution in [-0.2, 0) is 14.2 Å². The van der Waals surface area contributed by atoms with Crippen LogP contribution in [0, 0.1) is 6.92 Å². The number of aryl methyl sites for hydroxylation is 1. The van der Waals surface area contributed by atoms with Crippen molar-refractivity contribution in [3.8, 4) is 0 Å². The third-order valence-electron chi connectivity index (χ3n) is 4.72. The Bertz CT molecular complexity index is 775. The monoisotopic (exact) mass is 349 g/mol. The number of aromatic nitrogens is 2. The quantitative estimate of drug-likeness (QED) is 0.769. The first-order valence-electron chi connectivity index (χ1n) is 7.99. The molecule has 128 valence electrons. The van der Waals surface area contributed by atoms with E-state index in [-0.39, 0.29) is 5.97 Å². The van der Waals surface area contributed by atoms with Gasteiger partial charge in [-0.2, -0.15) is 0 Å². The zero-order valence-electron chi connectivity index (χ0n) is 13.7. The van der Waals surface area contributed by atoms with Crippen molar-refractivity contribution >= 4 is 33.3 Å². The van der Waals surface area contributed by atoms with Gasteiger partial charge in [0.1, 0.15) is 21.9 Å². The minimum atomic E-state index is -0.413. The molecule has 0 unspecified atom stereocenters. The van der Waals surface area contributed by atoms with Crippen LogP contribution in [0.5, 0.6) is 0 Å². The molecule has 0 bridgehead atoms. The lowest BCUT2D eigenvalue weighted by atomic mass is 10.0. The van der Waals surface area contributed by atoms with Crippen molar-refractivity contribution in [3.63, 3.8) is 0 Å². The summed E-state index contributed by atoms with van der Waals surface area (Å²) in [4.78, 5) is 24.4. The maximum Gasteiger partial charge on any atom is 0.348 e. The number of anilines is 1. The van der Waals surface area contributed by atoms with Crippen LogP contribution in [0.1, 0.15) is 28.1 Å². The predicted molar refractivity (Wildman–Crippen MR) is 89.6 cm³/mol. The highest BCUT2D eigenvalue weighted by Gasteiger charge is 2.40. The first-order valence-corrected chi connectivity index (χ1v) is 8.80. The van der Waals surface area contributed by atoms with Crippen LogP contribution >= 0.6 is 11.3 Å². The Morgan fingerprint density at radius 1 is 1.29 bits per heavy atom. The Morgan fingerprint density at radius 2 is 2.00 bits per heavy atom. The van der Waals surface area contributed by atoms with Crippen molar-refractivity contribution in [2.75, 3.05) is 38.3 Å². The fourth-order valence-electron chi connectivity index (χ4n) is 3.43. The van der Waals surface area contributed by atoms with Crippen LogP contribution in [0.4, 0.5) is 5.82 Å². The second-order valence-electron chi connectivity index (χ2n) is 6.02. The molecule has 0 atom stereocenters. The van der Waals surface area contributed by atoms with Crippen molar-refractivity contribution < 1.29 is 19.0 Å². The van der Waals surface area contributed by atoms with Gasteiger partial charge in [0.05, 0.1) is 25.7 Å². The van der Waals surface area contributed by atoms with E-state index in [1.165, 1.54) is 18.4 Å². The number of fused-ring (bicyclic) bond motifs is 1. The maximum absolute atomic E-state index is 12.0. The van der Waals surface area contributed by atoms with E-state index < -0.39 is 5.79 Å². The molecular weight excluding hydrogens is 330 g/mol. The van der Waals surface area contributed by atoms with Crippen molar-refractivity contribution in [2.24, 2.45) is 0 Å². The van der Waals surface area contributed by atoms with E-state index in [1.54, 1.807) is 6.33 Å². The lowest BCUT2D eigenvalue weighted by Gasteiger charge is -2.38. The molecule has 2 fully saturated rings. The molecule has 2 aliphatic rings. The van der Waals surface area contributed by atoms with Gasteiger partial charge < -0.3 is 19.1 Å². The molecule has 24 heavy (non-hydrogen) atoms. The van der Waals surface area contributed by atoms with Crippen LogP contribution < -0.4 is 4.90 Å². The number of hydrogen-bond acceptors (Lipinski definition) is 8. The fraction of sp³-hybridized carbons (Fsp3) is 0.562. The number of ether oxygens (including phenoxy) is 3. The summed E-state index contributed by atoms with van der Waals surface area (Å²) in [5.41, 5.74) is 0.881. The van der Waals surface area contributed by atoms with E-state index in [0.29, 0.717) is 18.1 Å². The summed E-state index contributed by atoms with van der Waals surface area (Å²) in [5.74, 6) is 0.132. The average molecular weight is 349 g/mol. The van der Waals surface area contributed by atoms with Gasteiger partial charge in [-0.25, -0.2) is 14.8 Å². The molecule has 8 heteroatoms. The second-order valence-corrected chi connectivity index (χ2v) is 7.02. The third-order valence-corrected chi connectivity index (χ3v) is 5.90. The Hall–Kier alpha value is -1.77. The van der Waals surface area contributed by atoms with Crippen LogP contribution in [0.3, 0.4) is 0 Å². The van der Waals surface area contributed by atoms with Crippen LogP contribution in [0.25, 0.3) is 10.2 Å². The maximum atomic E-state index is 12.0. The van der Waals surface area contributed by atoms with E-state index in [4.69, 9.17) is 14.2 Å². The van der Waals surface area contributed by atoms with Gasteiger partial charge in [-0.05, 0) is 12.5 Å². The highest BCUT2D eigenvalue weighted by molar-refractivity contribution is 7.20. The molecule has 2 saturated heterocycles. The van der Waals surface area contributed by atoms with Gasteiger partial charge in [0.15, 0.2) is 5.79 Å². The molecule has 0 saturated carbocycles. The van der Waals surface area contributed by atoms with E-state index >= 15 is 0 Å². The number of esters is 1. The summed E-state index contributed by atoms with van der Waals surface area (Å²) in [5, 5.41) is 0.937. The fourth-order valence-corrected chi connectivity index (χ4v) is 4.49. The molecule has 0 N–H and O–H groups in total. The third kappa shape index (κ3) is 2.45. The molecule has 0 radical (unpaired) electrons. The number of piperidine rings is 1. The van der Waals surface area contributed by atoms with E-state index in [0.717, 1.165) is 47.5 Å². The number of nitrogens with zero attached hydrogens (tertiary/aromatic N) is 3. The molecule has 2 aliphatic heterocycles. The molecule has 4 heterocycles. The Kier molecular flexibility index (Phi) is 3.90.